The molecule has 0 aromatic heterocycles. The molecule has 0 amide bonds. The molecule has 0 bridgehead atoms. The maximum absolute atomic E-state index is 12.9. The molecule has 2 heteroatoms. The molecule has 104 valence electrons. The van der Waals surface area contributed by atoms with Crippen molar-refractivity contribution in [3.05, 3.63) is 28.8 Å². The molecule has 0 unspecified atom stereocenters. The van der Waals surface area contributed by atoms with Crippen LogP contribution >= 0.6 is 0 Å². The van der Waals surface area contributed by atoms with E-state index in [0.717, 1.165) is 35.3 Å². The van der Waals surface area contributed by atoms with Gasteiger partial charge in [0.25, 0.3) is 0 Å². The van der Waals surface area contributed by atoms with Crippen LogP contribution in [0, 0.1) is 19.3 Å². The van der Waals surface area contributed by atoms with E-state index in [2.05, 4.69) is 6.92 Å². The van der Waals surface area contributed by atoms with Gasteiger partial charge in [-0.2, -0.15) is 0 Å². The number of ketones is 1. The van der Waals surface area contributed by atoms with E-state index in [0.29, 0.717) is 5.78 Å². The molecule has 0 spiro atoms. The van der Waals surface area contributed by atoms with Gasteiger partial charge in [0.15, 0.2) is 5.78 Å². The Morgan fingerprint density at radius 2 is 1.74 bits per heavy atom. The molecule has 1 saturated carbocycles. The van der Waals surface area contributed by atoms with Gasteiger partial charge < -0.3 is 4.74 Å². The third kappa shape index (κ3) is 2.68. The molecule has 1 fully saturated rings. The van der Waals surface area contributed by atoms with Gasteiger partial charge >= 0.3 is 0 Å². The normalized spacial score (nSPS) is 18.1. The molecule has 1 aromatic carbocycles. The zero-order valence-electron chi connectivity index (χ0n) is 12.5. The lowest BCUT2D eigenvalue weighted by Gasteiger charge is -2.32. The molecule has 2 nitrogen and oxygen atoms in total. The third-order valence-corrected chi connectivity index (χ3v) is 4.49. The second-order valence-electron chi connectivity index (χ2n) is 6.09. The van der Waals surface area contributed by atoms with Crippen LogP contribution in [0.3, 0.4) is 0 Å². The first kappa shape index (κ1) is 14.1. The number of hydrogen-bond donors (Lipinski definition) is 0. The number of aryl methyl sites for hydroxylation is 2. The number of methoxy groups -OCH3 is 1. The summed E-state index contributed by atoms with van der Waals surface area (Å²) in [4.78, 5) is 12.9. The highest BCUT2D eigenvalue weighted by Gasteiger charge is 2.35. The molecule has 0 saturated heterocycles. The van der Waals surface area contributed by atoms with Crippen LogP contribution in [0.1, 0.15) is 60.5 Å². The zero-order valence-corrected chi connectivity index (χ0v) is 12.5. The lowest BCUT2D eigenvalue weighted by molar-refractivity contribution is 0.0748. The lowest BCUT2D eigenvalue weighted by Crippen LogP contribution is -2.30. The van der Waals surface area contributed by atoms with Crippen molar-refractivity contribution < 1.29 is 9.53 Å². The highest BCUT2D eigenvalue weighted by atomic mass is 16.5. The molecule has 0 heterocycles. The SMILES string of the molecule is COc1cc(C)c(C(=O)C2(C)CCCCC2)cc1C. The molecule has 0 radical (unpaired) electrons. The van der Waals surface area contributed by atoms with E-state index in [1.54, 1.807) is 7.11 Å². The number of ether oxygens (including phenoxy) is 1. The quantitative estimate of drug-likeness (QED) is 0.750. The van der Waals surface area contributed by atoms with Crippen molar-refractivity contribution in [2.75, 3.05) is 7.11 Å². The Hall–Kier alpha value is -1.31. The summed E-state index contributed by atoms with van der Waals surface area (Å²) in [6.45, 7) is 6.13. The van der Waals surface area contributed by atoms with Gasteiger partial charge in [0.05, 0.1) is 7.11 Å². The summed E-state index contributed by atoms with van der Waals surface area (Å²) in [7, 11) is 1.67. The molecule has 1 aliphatic carbocycles. The van der Waals surface area contributed by atoms with Crippen molar-refractivity contribution in [3.8, 4) is 5.75 Å². The van der Waals surface area contributed by atoms with Crippen molar-refractivity contribution in [1.82, 2.24) is 0 Å². The number of carbonyl (C=O) groups is 1. The first-order valence-electron chi connectivity index (χ1n) is 7.18. The molecular formula is C17H24O2. The number of benzene rings is 1. The number of carbonyl (C=O) groups excluding carboxylic acids is 1. The summed E-state index contributed by atoms with van der Waals surface area (Å²) in [5.41, 5.74) is 2.78. The van der Waals surface area contributed by atoms with E-state index >= 15 is 0 Å². The summed E-state index contributed by atoms with van der Waals surface area (Å²) >= 11 is 0. The van der Waals surface area contributed by atoms with Gasteiger partial charge in [-0.1, -0.05) is 26.2 Å². The third-order valence-electron chi connectivity index (χ3n) is 4.49. The molecule has 0 aliphatic heterocycles. The predicted molar refractivity (Wildman–Crippen MR) is 78.0 cm³/mol. The molecule has 0 N–H and O–H groups in total. The van der Waals surface area contributed by atoms with Crippen molar-refractivity contribution >= 4 is 5.78 Å². The van der Waals surface area contributed by atoms with Gasteiger partial charge in [0.2, 0.25) is 0 Å². The fourth-order valence-electron chi connectivity index (χ4n) is 3.14. The summed E-state index contributed by atoms with van der Waals surface area (Å²) in [5.74, 6) is 1.18. The van der Waals surface area contributed by atoms with E-state index in [9.17, 15) is 4.79 Å². The minimum atomic E-state index is -0.163. The maximum atomic E-state index is 12.9. The Labute approximate surface area is 116 Å². The van der Waals surface area contributed by atoms with Crippen molar-refractivity contribution in [2.45, 2.75) is 52.9 Å². The van der Waals surface area contributed by atoms with Crippen LogP contribution in [0.2, 0.25) is 0 Å². The molecule has 19 heavy (non-hydrogen) atoms. The van der Waals surface area contributed by atoms with Crippen LogP contribution in [0.4, 0.5) is 0 Å². The largest absolute Gasteiger partial charge is 0.496 e. The number of Topliss-reactive ketones (excluding diaryl/α,β-unsaturated/α-hetero) is 1. The van der Waals surface area contributed by atoms with Crippen LogP contribution in [0.15, 0.2) is 12.1 Å². The Morgan fingerprint density at radius 3 is 2.32 bits per heavy atom. The minimum absolute atomic E-state index is 0.163. The van der Waals surface area contributed by atoms with Crippen LogP contribution < -0.4 is 4.74 Å². The zero-order chi connectivity index (χ0) is 14.0. The first-order chi connectivity index (χ1) is 8.98. The number of hydrogen-bond acceptors (Lipinski definition) is 2. The highest BCUT2D eigenvalue weighted by Crippen LogP contribution is 2.39. The molecule has 1 aliphatic rings. The van der Waals surface area contributed by atoms with E-state index in [1.165, 1.54) is 19.3 Å². The van der Waals surface area contributed by atoms with Gasteiger partial charge in [-0.05, 0) is 49.9 Å². The molecular weight excluding hydrogens is 236 g/mol. The topological polar surface area (TPSA) is 26.3 Å². The first-order valence-corrected chi connectivity index (χ1v) is 7.18. The number of rotatable bonds is 3. The van der Waals surface area contributed by atoms with Crippen LogP contribution in [0.5, 0.6) is 5.75 Å². The highest BCUT2D eigenvalue weighted by molar-refractivity contribution is 6.01. The predicted octanol–water partition coefficient (Wildman–Crippen LogP) is 4.47. The van der Waals surface area contributed by atoms with Crippen molar-refractivity contribution in [2.24, 2.45) is 5.41 Å². The smallest absolute Gasteiger partial charge is 0.169 e. The van der Waals surface area contributed by atoms with Crippen molar-refractivity contribution in [3.63, 3.8) is 0 Å². The van der Waals surface area contributed by atoms with Gasteiger partial charge in [0, 0.05) is 11.0 Å². The molecule has 0 atom stereocenters. The summed E-state index contributed by atoms with van der Waals surface area (Å²) in [6, 6.07) is 3.98. The molecule has 1 aromatic rings. The summed E-state index contributed by atoms with van der Waals surface area (Å²) in [6.07, 6.45) is 5.67. The minimum Gasteiger partial charge on any atom is -0.496 e. The average Bonchev–Trinajstić information content (AvgIpc) is 2.41. The van der Waals surface area contributed by atoms with Crippen LogP contribution in [-0.4, -0.2) is 12.9 Å². The van der Waals surface area contributed by atoms with Crippen molar-refractivity contribution in [1.29, 1.82) is 0 Å². The average molecular weight is 260 g/mol. The Kier molecular flexibility index (Phi) is 3.98. The van der Waals surface area contributed by atoms with Gasteiger partial charge in [-0.25, -0.2) is 0 Å². The summed E-state index contributed by atoms with van der Waals surface area (Å²) in [5, 5.41) is 0. The van der Waals surface area contributed by atoms with Gasteiger partial charge in [-0.15, -0.1) is 0 Å². The van der Waals surface area contributed by atoms with Gasteiger partial charge in [0.1, 0.15) is 5.75 Å². The Bertz CT molecular complexity index is 482. The monoisotopic (exact) mass is 260 g/mol. The Balaban J connectivity index is 2.36. The molecule has 2 rings (SSSR count). The van der Waals surface area contributed by atoms with E-state index < -0.39 is 0 Å². The van der Waals surface area contributed by atoms with Gasteiger partial charge in [-0.3, -0.25) is 4.79 Å². The fraction of sp³-hybridized carbons (Fsp3) is 0.588. The van der Waals surface area contributed by atoms with E-state index in [-0.39, 0.29) is 5.41 Å². The lowest BCUT2D eigenvalue weighted by atomic mass is 9.70. The second kappa shape index (κ2) is 5.36. The maximum Gasteiger partial charge on any atom is 0.169 e. The standard InChI is InChI=1S/C17H24O2/c1-12-11-15(19-4)13(2)10-14(12)16(18)17(3)8-6-5-7-9-17/h10-11H,5-9H2,1-4H3. The van der Waals surface area contributed by atoms with E-state index in [1.807, 2.05) is 26.0 Å². The summed E-state index contributed by atoms with van der Waals surface area (Å²) < 4.78 is 5.32. The fourth-order valence-corrected chi connectivity index (χ4v) is 3.14. The second-order valence-corrected chi connectivity index (χ2v) is 6.09. The van der Waals surface area contributed by atoms with E-state index in [4.69, 9.17) is 4.74 Å². The Morgan fingerprint density at radius 1 is 1.11 bits per heavy atom. The van der Waals surface area contributed by atoms with Crippen LogP contribution in [-0.2, 0) is 0 Å². The van der Waals surface area contributed by atoms with Crippen LogP contribution in [0.25, 0.3) is 0 Å².